The summed E-state index contributed by atoms with van der Waals surface area (Å²) in [4.78, 5) is 24.9. The van der Waals surface area contributed by atoms with Gasteiger partial charge in [0.15, 0.2) is 11.5 Å². The molecule has 26 heavy (non-hydrogen) atoms. The Hall–Kier alpha value is -2.80. The molecule has 2 aromatic rings. The van der Waals surface area contributed by atoms with Gasteiger partial charge in [0.25, 0.3) is 11.8 Å². The van der Waals surface area contributed by atoms with Gasteiger partial charge in [0.1, 0.15) is 5.70 Å². The van der Waals surface area contributed by atoms with Crippen molar-refractivity contribution < 1.29 is 19.1 Å². The van der Waals surface area contributed by atoms with Crippen molar-refractivity contribution in [3.8, 4) is 11.5 Å². The van der Waals surface area contributed by atoms with Crippen LogP contribution in [0.3, 0.4) is 0 Å². The zero-order chi connectivity index (χ0) is 18.5. The minimum atomic E-state index is -0.371. The van der Waals surface area contributed by atoms with Crippen molar-refractivity contribution in [3.63, 3.8) is 0 Å². The fourth-order valence-electron chi connectivity index (χ4n) is 2.41. The molecule has 0 atom stereocenters. The molecular weight excluding hydrogens is 400 g/mol. The highest BCUT2D eigenvalue weighted by molar-refractivity contribution is 9.10. The van der Waals surface area contributed by atoms with E-state index in [0.717, 1.165) is 4.47 Å². The number of hydrogen-bond donors (Lipinski definition) is 2. The second kappa shape index (κ2) is 8.05. The molecular formula is C19H17BrN2O4. The van der Waals surface area contributed by atoms with E-state index in [0.29, 0.717) is 29.2 Å². The number of rotatable bonds is 5. The Morgan fingerprint density at radius 1 is 1.15 bits per heavy atom. The first-order valence-corrected chi connectivity index (χ1v) is 8.82. The standard InChI is InChI=1S/C19H17BrN2O4/c1-2-21-19(24)15(22-18(23)13-4-3-5-14(20)10-13)8-12-6-7-16-17(9-12)26-11-25-16/h3-10H,2,11H2,1H3,(H,21,24)(H,22,23)/b15-8+. The maximum Gasteiger partial charge on any atom is 0.267 e. The molecule has 1 heterocycles. The second-order valence-corrected chi connectivity index (χ2v) is 6.41. The second-order valence-electron chi connectivity index (χ2n) is 5.49. The Labute approximate surface area is 159 Å². The summed E-state index contributed by atoms with van der Waals surface area (Å²) in [5.41, 5.74) is 1.31. The predicted octanol–water partition coefficient (Wildman–Crippen LogP) is 3.08. The number of benzene rings is 2. The molecule has 0 saturated carbocycles. The van der Waals surface area contributed by atoms with Gasteiger partial charge in [-0.3, -0.25) is 9.59 Å². The van der Waals surface area contributed by atoms with Gasteiger partial charge in [-0.25, -0.2) is 0 Å². The molecule has 0 radical (unpaired) electrons. The summed E-state index contributed by atoms with van der Waals surface area (Å²) in [5, 5.41) is 5.38. The zero-order valence-electron chi connectivity index (χ0n) is 14.0. The van der Waals surface area contributed by atoms with Crippen LogP contribution in [-0.4, -0.2) is 25.2 Å². The summed E-state index contributed by atoms with van der Waals surface area (Å²) in [6, 6.07) is 12.3. The summed E-state index contributed by atoms with van der Waals surface area (Å²) in [7, 11) is 0. The molecule has 0 aliphatic carbocycles. The lowest BCUT2D eigenvalue weighted by molar-refractivity contribution is -0.117. The normalized spacial score (nSPS) is 12.6. The van der Waals surface area contributed by atoms with Crippen LogP contribution < -0.4 is 20.1 Å². The summed E-state index contributed by atoms with van der Waals surface area (Å²) >= 11 is 3.33. The average molecular weight is 417 g/mol. The average Bonchev–Trinajstić information content (AvgIpc) is 3.09. The van der Waals surface area contributed by atoms with E-state index in [-0.39, 0.29) is 24.3 Å². The molecule has 3 rings (SSSR count). The molecule has 2 aromatic carbocycles. The minimum absolute atomic E-state index is 0.149. The molecule has 7 heteroatoms. The maximum atomic E-state index is 12.5. The number of ether oxygens (including phenoxy) is 2. The lowest BCUT2D eigenvalue weighted by Gasteiger charge is -2.10. The van der Waals surface area contributed by atoms with E-state index in [1.807, 2.05) is 13.0 Å². The molecule has 0 fully saturated rings. The SMILES string of the molecule is CCNC(=O)/C(=C\c1ccc2c(c1)OCO2)NC(=O)c1cccc(Br)c1. The molecule has 6 nitrogen and oxygen atoms in total. The molecule has 0 bridgehead atoms. The van der Waals surface area contributed by atoms with Crippen LogP contribution >= 0.6 is 15.9 Å². The van der Waals surface area contributed by atoms with E-state index >= 15 is 0 Å². The van der Waals surface area contributed by atoms with Crippen LogP contribution in [0.25, 0.3) is 6.08 Å². The highest BCUT2D eigenvalue weighted by Crippen LogP contribution is 2.33. The Kier molecular flexibility index (Phi) is 5.58. The van der Waals surface area contributed by atoms with Crippen molar-refractivity contribution in [2.75, 3.05) is 13.3 Å². The molecule has 134 valence electrons. The van der Waals surface area contributed by atoms with Crippen molar-refractivity contribution in [2.45, 2.75) is 6.92 Å². The lowest BCUT2D eigenvalue weighted by atomic mass is 10.1. The summed E-state index contributed by atoms with van der Waals surface area (Å²) in [6.45, 7) is 2.43. The Morgan fingerprint density at radius 3 is 2.73 bits per heavy atom. The molecule has 1 aliphatic rings. The van der Waals surface area contributed by atoms with Crippen molar-refractivity contribution in [2.24, 2.45) is 0 Å². The van der Waals surface area contributed by atoms with E-state index in [4.69, 9.17) is 9.47 Å². The third-order valence-electron chi connectivity index (χ3n) is 3.62. The predicted molar refractivity (Wildman–Crippen MR) is 101 cm³/mol. The van der Waals surface area contributed by atoms with Crippen molar-refractivity contribution in [1.82, 2.24) is 10.6 Å². The zero-order valence-corrected chi connectivity index (χ0v) is 15.6. The number of halogens is 1. The Bertz CT molecular complexity index is 880. The maximum absolute atomic E-state index is 12.5. The van der Waals surface area contributed by atoms with Gasteiger partial charge in [-0.05, 0) is 48.9 Å². The lowest BCUT2D eigenvalue weighted by Crippen LogP contribution is -2.34. The van der Waals surface area contributed by atoms with E-state index in [2.05, 4.69) is 26.6 Å². The smallest absolute Gasteiger partial charge is 0.267 e. The Balaban J connectivity index is 1.87. The number of carbonyl (C=O) groups is 2. The first-order valence-electron chi connectivity index (χ1n) is 8.03. The van der Waals surface area contributed by atoms with Gasteiger partial charge in [0.05, 0.1) is 0 Å². The first-order chi connectivity index (χ1) is 12.6. The largest absolute Gasteiger partial charge is 0.454 e. The first kappa shape index (κ1) is 18.0. The van der Waals surface area contributed by atoms with Crippen LogP contribution in [0.4, 0.5) is 0 Å². The number of nitrogens with one attached hydrogen (secondary N) is 2. The number of amides is 2. The van der Waals surface area contributed by atoms with Gasteiger partial charge in [0, 0.05) is 16.6 Å². The van der Waals surface area contributed by atoms with Gasteiger partial charge in [-0.2, -0.15) is 0 Å². The van der Waals surface area contributed by atoms with Gasteiger partial charge in [-0.15, -0.1) is 0 Å². The van der Waals surface area contributed by atoms with E-state index in [9.17, 15) is 9.59 Å². The van der Waals surface area contributed by atoms with Crippen LogP contribution in [0.1, 0.15) is 22.8 Å². The summed E-state index contributed by atoms with van der Waals surface area (Å²) in [5.74, 6) is 0.519. The molecule has 0 spiro atoms. The van der Waals surface area contributed by atoms with E-state index in [1.54, 1.807) is 42.5 Å². The molecule has 1 aliphatic heterocycles. The third-order valence-corrected chi connectivity index (χ3v) is 4.12. The fraction of sp³-hybridized carbons (Fsp3) is 0.158. The van der Waals surface area contributed by atoms with Gasteiger partial charge in [0.2, 0.25) is 6.79 Å². The monoisotopic (exact) mass is 416 g/mol. The summed E-state index contributed by atoms with van der Waals surface area (Å²) in [6.07, 6.45) is 1.60. The number of fused-ring (bicyclic) bond motifs is 1. The summed E-state index contributed by atoms with van der Waals surface area (Å²) < 4.78 is 11.4. The molecule has 0 aromatic heterocycles. The van der Waals surface area contributed by atoms with Crippen LogP contribution in [0, 0.1) is 0 Å². The van der Waals surface area contributed by atoms with Gasteiger partial charge < -0.3 is 20.1 Å². The highest BCUT2D eigenvalue weighted by Gasteiger charge is 2.16. The molecule has 0 unspecified atom stereocenters. The van der Waals surface area contributed by atoms with Gasteiger partial charge in [-0.1, -0.05) is 28.1 Å². The van der Waals surface area contributed by atoms with Crippen molar-refractivity contribution in [3.05, 3.63) is 63.8 Å². The quantitative estimate of drug-likeness (QED) is 0.734. The molecule has 2 N–H and O–H groups in total. The number of likely N-dealkylation sites (N-methyl/N-ethyl adjacent to an activating group) is 1. The van der Waals surface area contributed by atoms with Crippen LogP contribution in [0.15, 0.2) is 52.6 Å². The number of carbonyl (C=O) groups excluding carboxylic acids is 2. The molecule has 2 amide bonds. The topological polar surface area (TPSA) is 76.7 Å². The Morgan fingerprint density at radius 2 is 1.96 bits per heavy atom. The van der Waals surface area contributed by atoms with Gasteiger partial charge >= 0.3 is 0 Å². The van der Waals surface area contributed by atoms with Crippen LogP contribution in [-0.2, 0) is 4.79 Å². The number of hydrogen-bond acceptors (Lipinski definition) is 4. The van der Waals surface area contributed by atoms with Crippen LogP contribution in [0.2, 0.25) is 0 Å². The third kappa shape index (κ3) is 4.23. The molecule has 0 saturated heterocycles. The van der Waals surface area contributed by atoms with Crippen LogP contribution in [0.5, 0.6) is 11.5 Å². The van der Waals surface area contributed by atoms with E-state index in [1.165, 1.54) is 0 Å². The van der Waals surface area contributed by atoms with Crippen molar-refractivity contribution >= 4 is 33.8 Å². The fourth-order valence-corrected chi connectivity index (χ4v) is 2.81. The van der Waals surface area contributed by atoms with E-state index < -0.39 is 0 Å². The highest BCUT2D eigenvalue weighted by atomic mass is 79.9. The minimum Gasteiger partial charge on any atom is -0.454 e. The van der Waals surface area contributed by atoms with Crippen molar-refractivity contribution in [1.29, 1.82) is 0 Å².